The number of phenols is 1. The largest absolute Gasteiger partial charge is 0.504 e. The zero-order valence-corrected chi connectivity index (χ0v) is 20.3. The van der Waals surface area contributed by atoms with Gasteiger partial charge in [-0.1, -0.05) is 17.8 Å². The number of aromatic hydroxyl groups is 1. The number of hydrogen-bond donors (Lipinski definition) is 2. The zero-order valence-electron chi connectivity index (χ0n) is 19.4. The molecule has 180 valence electrons. The summed E-state index contributed by atoms with van der Waals surface area (Å²) in [6.45, 7) is 4.85. The second kappa shape index (κ2) is 11.9. The summed E-state index contributed by atoms with van der Waals surface area (Å²) in [4.78, 5) is 12.3. The third-order valence-electron chi connectivity index (χ3n) is 4.73. The zero-order chi connectivity index (χ0) is 24.5. The van der Waals surface area contributed by atoms with E-state index in [0.29, 0.717) is 46.9 Å². The highest BCUT2D eigenvalue weighted by Crippen LogP contribution is 2.33. The summed E-state index contributed by atoms with van der Waals surface area (Å²) >= 11 is 1.25. The van der Waals surface area contributed by atoms with Crippen LogP contribution in [0.2, 0.25) is 0 Å². The lowest BCUT2D eigenvalue weighted by Gasteiger charge is -2.10. The number of hydrazone groups is 1. The topological polar surface area (TPSA) is 120 Å². The quantitative estimate of drug-likeness (QED) is 0.241. The van der Waals surface area contributed by atoms with Crippen LogP contribution in [0.25, 0.3) is 11.4 Å². The van der Waals surface area contributed by atoms with Gasteiger partial charge < -0.3 is 23.9 Å². The van der Waals surface area contributed by atoms with Gasteiger partial charge in [0.15, 0.2) is 34.0 Å². The number of aromatic nitrogens is 3. The number of benzene rings is 2. The first-order valence-electron chi connectivity index (χ1n) is 10.6. The molecule has 2 N–H and O–H groups in total. The van der Waals surface area contributed by atoms with Gasteiger partial charge in [-0.15, -0.1) is 10.2 Å². The van der Waals surface area contributed by atoms with Gasteiger partial charge in [-0.05, 0) is 44.2 Å². The van der Waals surface area contributed by atoms with Crippen LogP contribution in [0.15, 0.2) is 46.7 Å². The molecule has 0 spiro atoms. The predicted molar refractivity (Wildman–Crippen MR) is 130 cm³/mol. The van der Waals surface area contributed by atoms with Crippen LogP contribution >= 0.6 is 11.8 Å². The van der Waals surface area contributed by atoms with Gasteiger partial charge in [-0.25, -0.2) is 5.43 Å². The molecule has 0 bridgehead atoms. The van der Waals surface area contributed by atoms with Gasteiger partial charge in [-0.3, -0.25) is 4.79 Å². The van der Waals surface area contributed by atoms with Gasteiger partial charge in [0, 0.05) is 17.7 Å². The van der Waals surface area contributed by atoms with E-state index in [1.807, 2.05) is 36.6 Å². The van der Waals surface area contributed by atoms with E-state index in [1.165, 1.54) is 18.0 Å². The lowest BCUT2D eigenvalue weighted by atomic mass is 10.2. The summed E-state index contributed by atoms with van der Waals surface area (Å²) in [5.41, 5.74) is 3.71. The number of hydrogen-bond acceptors (Lipinski definition) is 9. The van der Waals surface area contributed by atoms with E-state index >= 15 is 0 Å². The molecule has 0 saturated carbocycles. The molecule has 2 aromatic carbocycles. The third-order valence-corrected chi connectivity index (χ3v) is 5.70. The normalized spacial score (nSPS) is 10.9. The molecule has 11 heteroatoms. The lowest BCUT2D eigenvalue weighted by Crippen LogP contribution is -2.20. The van der Waals surface area contributed by atoms with Gasteiger partial charge in [0.25, 0.3) is 5.91 Å². The molecule has 0 saturated heterocycles. The molecular formula is C23H27N5O5S. The van der Waals surface area contributed by atoms with Crippen LogP contribution in [0.5, 0.6) is 23.0 Å². The average Bonchev–Trinajstić information content (AvgIpc) is 3.27. The van der Waals surface area contributed by atoms with Crippen molar-refractivity contribution in [3.8, 4) is 34.4 Å². The number of amides is 1. The van der Waals surface area contributed by atoms with E-state index in [-0.39, 0.29) is 17.4 Å². The van der Waals surface area contributed by atoms with Crippen molar-refractivity contribution < 1.29 is 24.1 Å². The van der Waals surface area contributed by atoms with Gasteiger partial charge in [0.1, 0.15) is 0 Å². The van der Waals surface area contributed by atoms with Crippen LogP contribution in [-0.2, 0) is 11.3 Å². The van der Waals surface area contributed by atoms with E-state index in [1.54, 1.807) is 32.4 Å². The van der Waals surface area contributed by atoms with Crippen LogP contribution < -0.4 is 19.6 Å². The van der Waals surface area contributed by atoms with E-state index in [9.17, 15) is 9.90 Å². The molecule has 1 heterocycles. The maximum atomic E-state index is 12.3. The Balaban J connectivity index is 1.64. The molecular weight excluding hydrogens is 458 g/mol. The van der Waals surface area contributed by atoms with Crippen LogP contribution in [-0.4, -0.2) is 58.6 Å². The highest BCUT2D eigenvalue weighted by atomic mass is 32.2. The highest BCUT2D eigenvalue weighted by Gasteiger charge is 2.16. The molecule has 1 amide bonds. The Bertz CT molecular complexity index is 1160. The van der Waals surface area contributed by atoms with Crippen LogP contribution in [0.4, 0.5) is 0 Å². The van der Waals surface area contributed by atoms with Gasteiger partial charge in [-0.2, -0.15) is 5.10 Å². The number of phenolic OH excluding ortho intramolecular Hbond substituents is 1. The molecule has 34 heavy (non-hydrogen) atoms. The second-order valence-corrected chi connectivity index (χ2v) is 7.77. The number of carbonyl (C=O) groups is 1. The Kier molecular flexibility index (Phi) is 8.74. The molecule has 10 nitrogen and oxygen atoms in total. The van der Waals surface area contributed by atoms with Crippen molar-refractivity contribution in [1.82, 2.24) is 20.2 Å². The molecule has 3 aromatic rings. The number of nitrogens with one attached hydrogen (secondary N) is 1. The minimum atomic E-state index is -0.319. The predicted octanol–water partition coefficient (Wildman–Crippen LogP) is 3.33. The Morgan fingerprint density at radius 3 is 2.65 bits per heavy atom. The lowest BCUT2D eigenvalue weighted by molar-refractivity contribution is -0.118. The van der Waals surface area contributed by atoms with E-state index < -0.39 is 0 Å². The number of nitrogens with zero attached hydrogens (tertiary/aromatic N) is 4. The Hall–Kier alpha value is -3.73. The first-order valence-corrected chi connectivity index (χ1v) is 11.6. The number of methoxy groups -OCH3 is 2. The third kappa shape index (κ3) is 5.79. The van der Waals surface area contributed by atoms with Crippen LogP contribution in [0.1, 0.15) is 19.4 Å². The number of para-hydroxylation sites is 1. The first kappa shape index (κ1) is 24.9. The fourth-order valence-corrected chi connectivity index (χ4v) is 3.92. The summed E-state index contributed by atoms with van der Waals surface area (Å²) < 4.78 is 17.9. The smallest absolute Gasteiger partial charge is 0.250 e. The molecule has 0 atom stereocenters. The number of thioether (sulfide) groups is 1. The molecule has 1 aromatic heterocycles. The van der Waals surface area contributed by atoms with Gasteiger partial charge in [0.2, 0.25) is 0 Å². The van der Waals surface area contributed by atoms with Crippen molar-refractivity contribution in [2.75, 3.05) is 26.6 Å². The summed E-state index contributed by atoms with van der Waals surface area (Å²) in [5, 5.41) is 23.3. The van der Waals surface area contributed by atoms with Gasteiger partial charge in [0.05, 0.1) is 32.8 Å². The SMILES string of the molecule is CCOc1cccc(/C=N\NC(=O)CSc2nnc(-c3ccc(OC)c(OC)c3)n2CC)c1O. The Labute approximate surface area is 201 Å². The molecule has 0 aliphatic heterocycles. The van der Waals surface area contributed by atoms with Crippen molar-refractivity contribution in [2.24, 2.45) is 5.10 Å². The fraction of sp³-hybridized carbons (Fsp3) is 0.304. The Morgan fingerprint density at radius 2 is 1.94 bits per heavy atom. The van der Waals surface area contributed by atoms with Crippen LogP contribution in [0.3, 0.4) is 0 Å². The molecule has 0 radical (unpaired) electrons. The van der Waals surface area contributed by atoms with Gasteiger partial charge >= 0.3 is 0 Å². The summed E-state index contributed by atoms with van der Waals surface area (Å²) in [7, 11) is 3.15. The fourth-order valence-electron chi connectivity index (χ4n) is 3.12. The minimum absolute atomic E-state index is 0.0320. The summed E-state index contributed by atoms with van der Waals surface area (Å²) in [5.74, 6) is 1.97. The highest BCUT2D eigenvalue weighted by molar-refractivity contribution is 7.99. The maximum Gasteiger partial charge on any atom is 0.250 e. The number of rotatable bonds is 11. The van der Waals surface area contributed by atoms with Crippen molar-refractivity contribution in [2.45, 2.75) is 25.5 Å². The molecule has 0 fully saturated rings. The molecule has 3 rings (SSSR count). The van der Waals surface area contributed by atoms with E-state index in [2.05, 4.69) is 20.7 Å². The van der Waals surface area contributed by atoms with Crippen molar-refractivity contribution in [3.05, 3.63) is 42.0 Å². The van der Waals surface area contributed by atoms with E-state index in [4.69, 9.17) is 14.2 Å². The number of ether oxygens (including phenoxy) is 3. The van der Waals surface area contributed by atoms with Crippen molar-refractivity contribution in [1.29, 1.82) is 0 Å². The molecule has 0 aliphatic carbocycles. The summed E-state index contributed by atoms with van der Waals surface area (Å²) in [6.07, 6.45) is 1.37. The summed E-state index contributed by atoms with van der Waals surface area (Å²) in [6, 6.07) is 10.6. The molecule has 0 unspecified atom stereocenters. The minimum Gasteiger partial charge on any atom is -0.504 e. The van der Waals surface area contributed by atoms with E-state index in [0.717, 1.165) is 5.56 Å². The number of carbonyl (C=O) groups excluding carboxylic acids is 1. The monoisotopic (exact) mass is 485 g/mol. The second-order valence-electron chi connectivity index (χ2n) is 6.83. The first-order chi connectivity index (χ1) is 16.5. The Morgan fingerprint density at radius 1 is 1.15 bits per heavy atom. The standard InChI is InChI=1S/C23H27N5O5S/c1-5-28-22(15-10-11-17(31-3)19(12-15)32-4)26-27-23(28)34-14-20(29)25-24-13-16-8-7-9-18(21(16)30)33-6-2/h7-13,30H,5-6,14H2,1-4H3,(H,25,29)/b24-13-. The van der Waals surface area contributed by atoms with Crippen molar-refractivity contribution >= 4 is 23.9 Å². The van der Waals surface area contributed by atoms with Crippen molar-refractivity contribution in [3.63, 3.8) is 0 Å². The van der Waals surface area contributed by atoms with Crippen LogP contribution in [0, 0.1) is 0 Å². The maximum absolute atomic E-state index is 12.3. The molecule has 0 aliphatic rings. The average molecular weight is 486 g/mol.